The van der Waals surface area contributed by atoms with Crippen LogP contribution in [0.1, 0.15) is 17.3 Å². The van der Waals surface area contributed by atoms with Gasteiger partial charge in [-0.25, -0.2) is 4.79 Å². The molecule has 0 saturated heterocycles. The Hall–Kier alpha value is -2.12. The number of amides is 2. The van der Waals surface area contributed by atoms with Crippen molar-refractivity contribution in [3.05, 3.63) is 34.9 Å². The fourth-order valence-electron chi connectivity index (χ4n) is 1.48. The van der Waals surface area contributed by atoms with Gasteiger partial charge in [-0.1, -0.05) is 11.6 Å². The Morgan fingerprint density at radius 2 is 1.81 bits per heavy atom. The average molecular weight is 315 g/mol. The predicted molar refractivity (Wildman–Crippen MR) is 75.0 cm³/mol. The highest BCUT2D eigenvalue weighted by molar-refractivity contribution is 6.30. The Bertz CT molecular complexity index is 530. The van der Waals surface area contributed by atoms with Gasteiger partial charge in [0.15, 0.2) is 6.04 Å². The molecule has 0 aliphatic heterocycles. The van der Waals surface area contributed by atoms with Crippen LogP contribution in [0.15, 0.2) is 24.3 Å². The molecule has 0 unspecified atom stereocenters. The van der Waals surface area contributed by atoms with Gasteiger partial charge in [0.05, 0.1) is 12.6 Å². The summed E-state index contributed by atoms with van der Waals surface area (Å²) in [6.45, 7) is 0.837. The molecule has 2 atom stereocenters. The van der Waals surface area contributed by atoms with E-state index in [9.17, 15) is 19.5 Å². The number of hydrogen-bond donors (Lipinski definition) is 4. The largest absolute Gasteiger partial charge is 0.480 e. The second-order valence-corrected chi connectivity index (χ2v) is 4.75. The van der Waals surface area contributed by atoms with Crippen LogP contribution < -0.4 is 10.6 Å². The van der Waals surface area contributed by atoms with Crippen molar-refractivity contribution in [2.45, 2.75) is 19.1 Å². The van der Waals surface area contributed by atoms with Gasteiger partial charge < -0.3 is 20.8 Å². The van der Waals surface area contributed by atoms with Crippen molar-refractivity contribution in [3.8, 4) is 0 Å². The van der Waals surface area contributed by atoms with Gasteiger partial charge in [-0.15, -0.1) is 0 Å². The predicted octanol–water partition coefficient (Wildman–Crippen LogP) is 0.0200. The summed E-state index contributed by atoms with van der Waals surface area (Å²) >= 11 is 5.69. The van der Waals surface area contributed by atoms with E-state index in [1.807, 2.05) is 0 Å². The highest BCUT2D eigenvalue weighted by Crippen LogP contribution is 2.09. The zero-order chi connectivity index (χ0) is 16.0. The maximum Gasteiger partial charge on any atom is 0.328 e. The average Bonchev–Trinajstić information content (AvgIpc) is 2.42. The summed E-state index contributed by atoms with van der Waals surface area (Å²) in [4.78, 5) is 34.0. The third-order valence-corrected chi connectivity index (χ3v) is 2.83. The fourth-order valence-corrected chi connectivity index (χ4v) is 1.60. The Kier molecular flexibility index (Phi) is 6.13. The highest BCUT2D eigenvalue weighted by atomic mass is 35.5. The number of carbonyl (C=O) groups is 3. The summed E-state index contributed by atoms with van der Waals surface area (Å²) in [6, 6.07) is 4.62. The molecule has 0 heterocycles. The maximum atomic E-state index is 11.7. The lowest BCUT2D eigenvalue weighted by Crippen LogP contribution is -2.50. The Balaban J connectivity index is 2.51. The van der Waals surface area contributed by atoms with Crippen LogP contribution in [0, 0.1) is 0 Å². The first-order valence-corrected chi connectivity index (χ1v) is 6.43. The number of halogens is 1. The fraction of sp³-hybridized carbons (Fsp3) is 0.308. The zero-order valence-electron chi connectivity index (χ0n) is 11.2. The summed E-state index contributed by atoms with van der Waals surface area (Å²) in [7, 11) is 0. The van der Waals surface area contributed by atoms with Crippen LogP contribution >= 0.6 is 11.6 Å². The standard InChI is InChI=1S/C13H15ClN2O5/c1-7(17)11(13(20)21)16-10(18)6-15-12(19)8-2-4-9(14)5-3-8/h2-5,7,11,17H,6H2,1H3,(H,15,19)(H,16,18)(H,20,21)/t7-,11+/m1/s1. The Morgan fingerprint density at radius 1 is 1.24 bits per heavy atom. The third kappa shape index (κ3) is 5.41. The molecule has 8 heteroatoms. The van der Waals surface area contributed by atoms with Crippen molar-refractivity contribution >= 4 is 29.4 Å². The maximum absolute atomic E-state index is 11.7. The molecule has 21 heavy (non-hydrogen) atoms. The minimum Gasteiger partial charge on any atom is -0.480 e. The van der Waals surface area contributed by atoms with Gasteiger partial charge in [0.25, 0.3) is 5.91 Å². The molecule has 7 nitrogen and oxygen atoms in total. The van der Waals surface area contributed by atoms with Gasteiger partial charge in [-0.2, -0.15) is 0 Å². The molecule has 0 aromatic heterocycles. The minimum atomic E-state index is -1.43. The molecule has 0 radical (unpaired) electrons. The third-order valence-electron chi connectivity index (χ3n) is 2.58. The Labute approximate surface area is 125 Å². The second kappa shape index (κ2) is 7.61. The number of benzene rings is 1. The van der Waals surface area contributed by atoms with E-state index in [1.165, 1.54) is 31.2 Å². The van der Waals surface area contributed by atoms with Gasteiger partial charge >= 0.3 is 5.97 Å². The first-order chi connectivity index (χ1) is 9.81. The zero-order valence-corrected chi connectivity index (χ0v) is 11.9. The molecule has 0 bridgehead atoms. The lowest BCUT2D eigenvalue weighted by atomic mass is 10.2. The van der Waals surface area contributed by atoms with E-state index in [0.29, 0.717) is 10.6 Å². The number of rotatable bonds is 6. The van der Waals surface area contributed by atoms with E-state index in [-0.39, 0.29) is 0 Å². The molecule has 114 valence electrons. The van der Waals surface area contributed by atoms with Crippen LogP contribution in [0.25, 0.3) is 0 Å². The number of aliphatic hydroxyl groups excluding tert-OH is 1. The lowest BCUT2D eigenvalue weighted by Gasteiger charge is -2.17. The van der Waals surface area contributed by atoms with Crippen LogP contribution in [0.2, 0.25) is 5.02 Å². The van der Waals surface area contributed by atoms with Crippen LogP contribution in [-0.2, 0) is 9.59 Å². The first-order valence-electron chi connectivity index (χ1n) is 6.05. The van der Waals surface area contributed by atoms with Crippen molar-refractivity contribution in [2.24, 2.45) is 0 Å². The van der Waals surface area contributed by atoms with E-state index in [0.717, 1.165) is 0 Å². The number of aliphatic hydroxyl groups is 1. The monoisotopic (exact) mass is 314 g/mol. The topological polar surface area (TPSA) is 116 Å². The van der Waals surface area contributed by atoms with Crippen molar-refractivity contribution < 1.29 is 24.6 Å². The van der Waals surface area contributed by atoms with Crippen molar-refractivity contribution in [2.75, 3.05) is 6.54 Å². The molecule has 0 saturated carbocycles. The SMILES string of the molecule is C[C@@H](O)[C@H](NC(=O)CNC(=O)c1ccc(Cl)cc1)C(=O)O. The molecule has 1 aromatic rings. The number of carboxylic acids is 1. The van der Waals surface area contributed by atoms with Crippen molar-refractivity contribution in [1.82, 2.24) is 10.6 Å². The second-order valence-electron chi connectivity index (χ2n) is 4.31. The summed E-state index contributed by atoms with van der Waals surface area (Å²) < 4.78 is 0. The van der Waals surface area contributed by atoms with E-state index < -0.39 is 36.5 Å². The van der Waals surface area contributed by atoms with Crippen LogP contribution in [0.3, 0.4) is 0 Å². The lowest BCUT2D eigenvalue weighted by molar-refractivity contribution is -0.144. The summed E-state index contributed by atoms with van der Waals surface area (Å²) in [5.41, 5.74) is 0.317. The van der Waals surface area contributed by atoms with E-state index in [1.54, 1.807) is 0 Å². The molecule has 0 spiro atoms. The van der Waals surface area contributed by atoms with E-state index in [4.69, 9.17) is 16.7 Å². The van der Waals surface area contributed by atoms with Crippen molar-refractivity contribution in [3.63, 3.8) is 0 Å². The first kappa shape index (κ1) is 16.9. The molecular formula is C13H15ClN2O5. The van der Waals surface area contributed by atoms with Gasteiger partial charge in [0.2, 0.25) is 5.91 Å². The van der Waals surface area contributed by atoms with E-state index in [2.05, 4.69) is 10.6 Å². The van der Waals surface area contributed by atoms with Gasteiger partial charge in [0, 0.05) is 10.6 Å². The molecule has 2 amide bonds. The summed E-state index contributed by atoms with van der Waals surface area (Å²) in [5.74, 6) is -2.57. The van der Waals surface area contributed by atoms with Crippen LogP contribution in [-0.4, -0.2) is 46.7 Å². The Morgan fingerprint density at radius 3 is 2.29 bits per heavy atom. The number of hydrogen-bond acceptors (Lipinski definition) is 4. The molecule has 1 rings (SSSR count). The molecular weight excluding hydrogens is 300 g/mol. The normalized spacial score (nSPS) is 13.1. The number of nitrogens with one attached hydrogen (secondary N) is 2. The van der Waals surface area contributed by atoms with E-state index >= 15 is 0 Å². The van der Waals surface area contributed by atoms with Gasteiger partial charge in [0.1, 0.15) is 0 Å². The smallest absolute Gasteiger partial charge is 0.328 e. The van der Waals surface area contributed by atoms with Crippen LogP contribution in [0.5, 0.6) is 0 Å². The molecule has 0 fully saturated rings. The molecule has 4 N–H and O–H groups in total. The summed E-state index contributed by atoms with van der Waals surface area (Å²) in [6.07, 6.45) is -1.25. The quantitative estimate of drug-likeness (QED) is 0.591. The molecule has 1 aromatic carbocycles. The molecule has 0 aliphatic carbocycles. The molecule has 0 aliphatic rings. The minimum absolute atomic E-state index is 0.317. The number of carboxylic acid groups (broad SMARTS) is 1. The van der Waals surface area contributed by atoms with Crippen LogP contribution in [0.4, 0.5) is 0 Å². The number of aliphatic carboxylic acids is 1. The van der Waals surface area contributed by atoms with Crippen molar-refractivity contribution in [1.29, 1.82) is 0 Å². The highest BCUT2D eigenvalue weighted by Gasteiger charge is 2.24. The summed E-state index contributed by atoms with van der Waals surface area (Å²) in [5, 5.41) is 22.9. The van der Waals surface area contributed by atoms with Gasteiger partial charge in [-0.3, -0.25) is 9.59 Å². The number of carbonyl (C=O) groups excluding carboxylic acids is 2. The van der Waals surface area contributed by atoms with Gasteiger partial charge in [-0.05, 0) is 31.2 Å².